The molecular weight excluding hydrogens is 619 g/mol. The summed E-state index contributed by atoms with van der Waals surface area (Å²) in [6, 6.07) is 18.5. The number of pyridine rings is 1. The van der Waals surface area contributed by atoms with Crippen LogP contribution in [0.1, 0.15) is 40.0 Å². The summed E-state index contributed by atoms with van der Waals surface area (Å²) >= 11 is 13.0. The Morgan fingerprint density at radius 3 is 2.36 bits per heavy atom. The fourth-order valence-corrected chi connectivity index (χ4v) is 5.39. The number of benzene rings is 2. The Morgan fingerprint density at radius 2 is 1.69 bits per heavy atom. The molecule has 0 radical (unpaired) electrons. The standard InChI is InChI=1S/C32H32Cl2N6O5/c1-44-23-9-7-22(8-10-23)17-37-30-26(33)24(11-14-35-30)28(42)27-29(34)39-25(19-36-27)40-15-12-32(20-41,13-16-40)45-31(43)38-18-21-5-3-2-4-6-21/h2-11,14,19,41H,12-13,15-18,20H2,1H3,(H,35,37)(H,38,43). The van der Waals surface area contributed by atoms with Gasteiger partial charge in [-0.05, 0) is 29.3 Å². The first kappa shape index (κ1) is 32.0. The Bertz CT molecular complexity index is 1630. The minimum absolute atomic E-state index is 0.0465. The molecule has 1 aliphatic heterocycles. The minimum atomic E-state index is -1.03. The second-order valence-corrected chi connectivity index (χ2v) is 11.2. The van der Waals surface area contributed by atoms with Crippen molar-refractivity contribution in [3.8, 4) is 5.75 Å². The van der Waals surface area contributed by atoms with Crippen LogP contribution in [-0.2, 0) is 17.8 Å². The molecule has 234 valence electrons. The van der Waals surface area contributed by atoms with Crippen molar-refractivity contribution in [2.24, 2.45) is 0 Å². The van der Waals surface area contributed by atoms with Crippen LogP contribution in [0, 0.1) is 0 Å². The lowest BCUT2D eigenvalue weighted by Crippen LogP contribution is -2.51. The zero-order valence-corrected chi connectivity index (χ0v) is 26.0. The van der Waals surface area contributed by atoms with Crippen LogP contribution in [0.25, 0.3) is 0 Å². The maximum absolute atomic E-state index is 13.4. The summed E-state index contributed by atoms with van der Waals surface area (Å²) in [6.45, 7) is 1.27. The molecule has 4 aromatic rings. The average molecular weight is 652 g/mol. The van der Waals surface area contributed by atoms with E-state index in [1.807, 2.05) is 59.5 Å². The number of alkyl carbamates (subject to hydrolysis) is 1. The number of hydrogen-bond donors (Lipinski definition) is 3. The lowest BCUT2D eigenvalue weighted by molar-refractivity contribution is -0.0460. The summed E-state index contributed by atoms with van der Waals surface area (Å²) < 4.78 is 10.9. The van der Waals surface area contributed by atoms with E-state index in [-0.39, 0.29) is 28.0 Å². The molecule has 1 saturated heterocycles. The van der Waals surface area contributed by atoms with Gasteiger partial charge in [-0.3, -0.25) is 4.79 Å². The predicted octanol–water partition coefficient (Wildman–Crippen LogP) is 5.29. The van der Waals surface area contributed by atoms with Crippen LogP contribution < -0.4 is 20.3 Å². The molecule has 1 aliphatic rings. The normalized spacial score (nSPS) is 14.0. The third kappa shape index (κ3) is 7.80. The number of piperidine rings is 1. The number of carbonyl (C=O) groups excluding carboxylic acids is 2. The van der Waals surface area contributed by atoms with Crippen LogP contribution in [0.4, 0.5) is 16.4 Å². The molecule has 3 N–H and O–H groups in total. The molecule has 5 rings (SSSR count). The van der Waals surface area contributed by atoms with Gasteiger partial charge in [0.15, 0.2) is 5.15 Å². The number of aliphatic hydroxyl groups is 1. The van der Waals surface area contributed by atoms with Gasteiger partial charge in [0.25, 0.3) is 0 Å². The molecule has 45 heavy (non-hydrogen) atoms. The van der Waals surface area contributed by atoms with E-state index < -0.39 is 17.5 Å². The number of hydrogen-bond acceptors (Lipinski definition) is 10. The van der Waals surface area contributed by atoms with Gasteiger partial charge in [-0.1, -0.05) is 65.7 Å². The van der Waals surface area contributed by atoms with Gasteiger partial charge >= 0.3 is 6.09 Å². The number of nitrogens with one attached hydrogen (secondary N) is 2. The molecule has 0 bridgehead atoms. The van der Waals surface area contributed by atoms with Gasteiger partial charge in [0.2, 0.25) is 5.78 Å². The molecule has 0 aliphatic carbocycles. The van der Waals surface area contributed by atoms with Crippen LogP contribution in [0.2, 0.25) is 10.2 Å². The van der Waals surface area contributed by atoms with Gasteiger partial charge < -0.3 is 30.1 Å². The monoisotopic (exact) mass is 650 g/mol. The number of ether oxygens (including phenoxy) is 2. The maximum Gasteiger partial charge on any atom is 0.408 e. The van der Waals surface area contributed by atoms with E-state index in [0.29, 0.717) is 50.7 Å². The van der Waals surface area contributed by atoms with Gasteiger partial charge in [0.1, 0.15) is 28.7 Å². The number of ketones is 1. The number of rotatable bonds is 11. The molecule has 0 saturated carbocycles. The maximum atomic E-state index is 13.4. The smallest absolute Gasteiger partial charge is 0.408 e. The molecule has 3 heterocycles. The van der Waals surface area contributed by atoms with E-state index in [9.17, 15) is 14.7 Å². The van der Waals surface area contributed by atoms with Crippen molar-refractivity contribution in [1.82, 2.24) is 20.3 Å². The average Bonchev–Trinajstić information content (AvgIpc) is 3.07. The van der Waals surface area contributed by atoms with E-state index in [1.165, 1.54) is 18.5 Å². The van der Waals surface area contributed by atoms with Gasteiger partial charge in [-0.15, -0.1) is 0 Å². The third-order valence-electron chi connectivity index (χ3n) is 7.56. The number of methoxy groups -OCH3 is 1. The molecule has 11 nitrogen and oxygen atoms in total. The zero-order valence-electron chi connectivity index (χ0n) is 24.5. The third-order valence-corrected chi connectivity index (χ3v) is 8.21. The molecular formula is C32H32Cl2N6O5. The van der Waals surface area contributed by atoms with Crippen LogP contribution in [0.15, 0.2) is 73.1 Å². The fraction of sp³-hybridized carbons (Fsp3) is 0.281. The zero-order chi connectivity index (χ0) is 31.8. The Balaban J connectivity index is 1.20. The molecule has 1 amide bonds. The molecule has 13 heteroatoms. The number of nitrogens with zero attached hydrogens (tertiary/aromatic N) is 4. The van der Waals surface area contributed by atoms with Crippen molar-refractivity contribution in [2.45, 2.75) is 31.5 Å². The topological polar surface area (TPSA) is 139 Å². The number of aromatic nitrogens is 3. The highest BCUT2D eigenvalue weighted by atomic mass is 35.5. The van der Waals surface area contributed by atoms with Crippen molar-refractivity contribution in [3.63, 3.8) is 0 Å². The minimum Gasteiger partial charge on any atom is -0.497 e. The first-order valence-corrected chi connectivity index (χ1v) is 15.0. The molecule has 0 unspecified atom stereocenters. The van der Waals surface area contributed by atoms with Crippen LogP contribution in [-0.4, -0.2) is 64.3 Å². The Morgan fingerprint density at radius 1 is 0.978 bits per heavy atom. The Labute approximate surface area is 270 Å². The van der Waals surface area contributed by atoms with Crippen molar-refractivity contribution >= 4 is 46.7 Å². The second kappa shape index (κ2) is 14.6. The van der Waals surface area contributed by atoms with Gasteiger partial charge in [-0.25, -0.2) is 19.7 Å². The Kier molecular flexibility index (Phi) is 10.3. The number of aliphatic hydroxyl groups excluding tert-OH is 1. The van der Waals surface area contributed by atoms with Crippen molar-refractivity contribution in [3.05, 3.63) is 106 Å². The molecule has 0 spiro atoms. The number of anilines is 2. The Hall–Kier alpha value is -4.45. The van der Waals surface area contributed by atoms with E-state index >= 15 is 0 Å². The first-order chi connectivity index (χ1) is 21.8. The van der Waals surface area contributed by atoms with Gasteiger partial charge in [0.05, 0.1) is 24.9 Å². The highest BCUT2D eigenvalue weighted by Gasteiger charge is 2.38. The van der Waals surface area contributed by atoms with Crippen LogP contribution >= 0.6 is 23.2 Å². The molecule has 0 atom stereocenters. The highest BCUT2D eigenvalue weighted by molar-refractivity contribution is 6.38. The first-order valence-electron chi connectivity index (χ1n) is 14.3. The van der Waals surface area contributed by atoms with Gasteiger partial charge in [0, 0.05) is 50.8 Å². The van der Waals surface area contributed by atoms with E-state index in [4.69, 9.17) is 32.7 Å². The second-order valence-electron chi connectivity index (χ2n) is 10.5. The SMILES string of the molecule is COc1ccc(CNc2nccc(C(=O)c3ncc(N4CCC(CO)(OC(=O)NCc5ccccc5)CC4)nc3Cl)c2Cl)cc1. The van der Waals surface area contributed by atoms with Crippen LogP contribution in [0.5, 0.6) is 5.75 Å². The largest absolute Gasteiger partial charge is 0.497 e. The summed E-state index contributed by atoms with van der Waals surface area (Å²) in [5.41, 5.74) is 1.02. The number of halogens is 2. The van der Waals surface area contributed by atoms with Gasteiger partial charge in [-0.2, -0.15) is 0 Å². The summed E-state index contributed by atoms with van der Waals surface area (Å²) in [5, 5.41) is 16.1. The lowest BCUT2D eigenvalue weighted by atomic mass is 9.92. The summed E-state index contributed by atoms with van der Waals surface area (Å²) in [7, 11) is 1.60. The number of amides is 1. The highest BCUT2D eigenvalue weighted by Crippen LogP contribution is 2.31. The van der Waals surface area contributed by atoms with Crippen molar-refractivity contribution in [1.29, 1.82) is 0 Å². The summed E-state index contributed by atoms with van der Waals surface area (Å²) in [5.74, 6) is 1.06. The quantitative estimate of drug-likeness (QED) is 0.184. The lowest BCUT2D eigenvalue weighted by Gasteiger charge is -2.40. The number of carbonyl (C=O) groups is 2. The molecule has 1 fully saturated rings. The van der Waals surface area contributed by atoms with Crippen molar-refractivity contribution in [2.75, 3.05) is 37.0 Å². The summed E-state index contributed by atoms with van der Waals surface area (Å²) in [6.07, 6.45) is 3.08. The molecule has 2 aromatic carbocycles. The fourth-order valence-electron chi connectivity index (χ4n) is 4.90. The van der Waals surface area contributed by atoms with Crippen LogP contribution in [0.3, 0.4) is 0 Å². The van der Waals surface area contributed by atoms with E-state index in [0.717, 1.165) is 16.9 Å². The van der Waals surface area contributed by atoms with Crippen molar-refractivity contribution < 1.29 is 24.2 Å². The van der Waals surface area contributed by atoms with E-state index in [1.54, 1.807) is 7.11 Å². The van der Waals surface area contributed by atoms with E-state index in [2.05, 4.69) is 25.6 Å². The predicted molar refractivity (Wildman–Crippen MR) is 171 cm³/mol. The summed E-state index contributed by atoms with van der Waals surface area (Å²) in [4.78, 5) is 40.8. The molecule has 2 aromatic heterocycles.